The SMILES string of the molecule is CC(Cl)CN(CC(C)Cl)c1ccc(C(N)=O)cc1. The number of rotatable bonds is 6. The van der Waals surface area contributed by atoms with Crippen molar-refractivity contribution in [2.75, 3.05) is 18.0 Å². The van der Waals surface area contributed by atoms with Gasteiger partial charge in [-0.25, -0.2) is 0 Å². The molecule has 0 radical (unpaired) electrons. The largest absolute Gasteiger partial charge is 0.369 e. The Hall–Kier alpha value is -0.930. The number of anilines is 1. The second-order valence-corrected chi connectivity index (χ2v) is 5.87. The monoisotopic (exact) mass is 288 g/mol. The maximum atomic E-state index is 11.0. The Morgan fingerprint density at radius 3 is 1.94 bits per heavy atom. The molecule has 0 spiro atoms. The van der Waals surface area contributed by atoms with E-state index in [1.165, 1.54) is 0 Å². The lowest BCUT2D eigenvalue weighted by molar-refractivity contribution is 0.100. The number of carbonyl (C=O) groups is 1. The number of amides is 1. The molecule has 0 bridgehead atoms. The predicted molar refractivity (Wildman–Crippen MR) is 77.8 cm³/mol. The highest BCUT2D eigenvalue weighted by molar-refractivity contribution is 6.21. The third kappa shape index (κ3) is 4.75. The summed E-state index contributed by atoms with van der Waals surface area (Å²) in [5, 5.41) is 0.0486. The molecule has 3 nitrogen and oxygen atoms in total. The first-order chi connectivity index (χ1) is 8.40. The third-order valence-corrected chi connectivity index (χ3v) is 2.74. The molecule has 2 unspecified atom stereocenters. The molecule has 5 heteroatoms. The summed E-state index contributed by atoms with van der Waals surface area (Å²) in [6, 6.07) is 7.14. The molecule has 0 heterocycles. The van der Waals surface area contributed by atoms with Crippen LogP contribution in [0.2, 0.25) is 0 Å². The highest BCUT2D eigenvalue weighted by atomic mass is 35.5. The number of primary amides is 1. The summed E-state index contributed by atoms with van der Waals surface area (Å²) in [5.74, 6) is -0.426. The first kappa shape index (κ1) is 15.1. The summed E-state index contributed by atoms with van der Waals surface area (Å²) < 4.78 is 0. The van der Waals surface area contributed by atoms with Gasteiger partial charge in [0.2, 0.25) is 5.91 Å². The maximum Gasteiger partial charge on any atom is 0.248 e. The minimum Gasteiger partial charge on any atom is -0.369 e. The van der Waals surface area contributed by atoms with Gasteiger partial charge >= 0.3 is 0 Å². The number of hydrogen-bond acceptors (Lipinski definition) is 2. The van der Waals surface area contributed by atoms with Crippen molar-refractivity contribution in [2.45, 2.75) is 24.6 Å². The molecule has 0 aliphatic rings. The van der Waals surface area contributed by atoms with Gasteiger partial charge < -0.3 is 10.6 Å². The van der Waals surface area contributed by atoms with Crippen LogP contribution in [0.4, 0.5) is 5.69 Å². The number of carbonyl (C=O) groups excluding carboxylic acids is 1. The van der Waals surface area contributed by atoms with E-state index in [2.05, 4.69) is 4.90 Å². The summed E-state index contributed by atoms with van der Waals surface area (Å²) in [6.07, 6.45) is 0. The second kappa shape index (κ2) is 6.86. The molecule has 0 aliphatic heterocycles. The van der Waals surface area contributed by atoms with Gasteiger partial charge in [-0.3, -0.25) is 4.79 Å². The first-order valence-corrected chi connectivity index (χ1v) is 6.70. The van der Waals surface area contributed by atoms with Crippen LogP contribution in [0.15, 0.2) is 24.3 Å². The molecule has 0 saturated carbocycles. The average Bonchev–Trinajstić information content (AvgIpc) is 2.27. The van der Waals surface area contributed by atoms with Crippen molar-refractivity contribution in [3.05, 3.63) is 29.8 Å². The zero-order valence-corrected chi connectivity index (χ0v) is 12.1. The van der Waals surface area contributed by atoms with Gasteiger partial charge in [-0.1, -0.05) is 0 Å². The van der Waals surface area contributed by atoms with Gasteiger partial charge in [0.25, 0.3) is 0 Å². The van der Waals surface area contributed by atoms with Crippen LogP contribution >= 0.6 is 23.2 Å². The molecule has 1 aromatic rings. The predicted octanol–water partition coefficient (Wildman–Crippen LogP) is 2.85. The minimum atomic E-state index is -0.426. The Morgan fingerprint density at radius 2 is 1.61 bits per heavy atom. The number of benzene rings is 1. The van der Waals surface area contributed by atoms with E-state index in [-0.39, 0.29) is 10.8 Å². The summed E-state index contributed by atoms with van der Waals surface area (Å²) >= 11 is 12.1. The number of hydrogen-bond donors (Lipinski definition) is 1. The number of alkyl halides is 2. The van der Waals surface area contributed by atoms with E-state index < -0.39 is 5.91 Å². The summed E-state index contributed by atoms with van der Waals surface area (Å²) in [4.78, 5) is 13.1. The Kier molecular flexibility index (Phi) is 5.76. The molecule has 1 amide bonds. The topological polar surface area (TPSA) is 46.3 Å². The number of nitrogens with two attached hydrogens (primary N) is 1. The van der Waals surface area contributed by atoms with Crippen molar-refractivity contribution in [3.8, 4) is 0 Å². The lowest BCUT2D eigenvalue weighted by Crippen LogP contribution is -2.33. The molecule has 0 aromatic heterocycles. The summed E-state index contributed by atoms with van der Waals surface area (Å²) in [6.45, 7) is 5.28. The molecular weight excluding hydrogens is 271 g/mol. The molecule has 18 heavy (non-hydrogen) atoms. The van der Waals surface area contributed by atoms with Crippen LogP contribution in [0, 0.1) is 0 Å². The Balaban J connectivity index is 2.87. The van der Waals surface area contributed by atoms with Gasteiger partial charge in [0.05, 0.1) is 0 Å². The van der Waals surface area contributed by atoms with Gasteiger partial charge in [0.15, 0.2) is 0 Å². The van der Waals surface area contributed by atoms with Crippen molar-refractivity contribution in [1.29, 1.82) is 0 Å². The van der Waals surface area contributed by atoms with Crippen LogP contribution < -0.4 is 10.6 Å². The molecule has 2 N–H and O–H groups in total. The van der Waals surface area contributed by atoms with Gasteiger partial charge in [-0.05, 0) is 38.1 Å². The van der Waals surface area contributed by atoms with E-state index >= 15 is 0 Å². The van der Waals surface area contributed by atoms with Crippen LogP contribution in [0.1, 0.15) is 24.2 Å². The van der Waals surface area contributed by atoms with Crippen molar-refractivity contribution in [1.82, 2.24) is 0 Å². The Labute approximate surface area is 118 Å². The van der Waals surface area contributed by atoms with Crippen LogP contribution in [-0.4, -0.2) is 29.8 Å². The molecular formula is C13H18Cl2N2O. The molecule has 2 atom stereocenters. The van der Waals surface area contributed by atoms with Gasteiger partial charge in [-0.15, -0.1) is 23.2 Å². The number of halogens is 2. The zero-order valence-electron chi connectivity index (χ0n) is 10.6. The van der Waals surface area contributed by atoms with Crippen LogP contribution in [0.25, 0.3) is 0 Å². The fourth-order valence-electron chi connectivity index (χ4n) is 1.73. The Bertz CT molecular complexity index is 380. The zero-order chi connectivity index (χ0) is 13.7. The molecule has 0 saturated heterocycles. The third-order valence-electron chi connectivity index (χ3n) is 2.46. The quantitative estimate of drug-likeness (QED) is 0.818. The smallest absolute Gasteiger partial charge is 0.248 e. The lowest BCUT2D eigenvalue weighted by atomic mass is 10.2. The molecule has 0 aliphatic carbocycles. The van der Waals surface area contributed by atoms with Gasteiger partial charge in [-0.2, -0.15) is 0 Å². The fourth-order valence-corrected chi connectivity index (χ4v) is 2.06. The highest BCUT2D eigenvalue weighted by Crippen LogP contribution is 2.18. The number of nitrogens with zero attached hydrogens (tertiary/aromatic N) is 1. The fraction of sp³-hybridized carbons (Fsp3) is 0.462. The van der Waals surface area contributed by atoms with Crippen LogP contribution in [0.5, 0.6) is 0 Å². The van der Waals surface area contributed by atoms with E-state index in [4.69, 9.17) is 28.9 Å². The van der Waals surface area contributed by atoms with Crippen molar-refractivity contribution >= 4 is 34.8 Å². The van der Waals surface area contributed by atoms with Gasteiger partial charge in [0, 0.05) is 35.1 Å². The van der Waals surface area contributed by atoms with E-state index in [1.54, 1.807) is 12.1 Å². The molecule has 0 fully saturated rings. The van der Waals surface area contributed by atoms with Crippen LogP contribution in [-0.2, 0) is 0 Å². The second-order valence-electron chi connectivity index (χ2n) is 4.38. The average molecular weight is 289 g/mol. The molecule has 1 aromatic carbocycles. The van der Waals surface area contributed by atoms with Crippen molar-refractivity contribution in [3.63, 3.8) is 0 Å². The minimum absolute atomic E-state index is 0.0243. The highest BCUT2D eigenvalue weighted by Gasteiger charge is 2.12. The van der Waals surface area contributed by atoms with Crippen molar-refractivity contribution < 1.29 is 4.79 Å². The molecule has 100 valence electrons. The van der Waals surface area contributed by atoms with E-state index in [1.807, 2.05) is 26.0 Å². The summed E-state index contributed by atoms with van der Waals surface area (Å²) in [5.41, 5.74) is 6.69. The normalized spacial score (nSPS) is 14.0. The van der Waals surface area contributed by atoms with Gasteiger partial charge in [0.1, 0.15) is 0 Å². The van der Waals surface area contributed by atoms with E-state index in [0.717, 1.165) is 5.69 Å². The Morgan fingerprint density at radius 1 is 1.17 bits per heavy atom. The first-order valence-electron chi connectivity index (χ1n) is 5.83. The standard InChI is InChI=1S/C13H18Cl2N2O/c1-9(14)7-17(8-10(2)15)12-5-3-11(4-6-12)13(16)18/h3-6,9-10H,7-8H2,1-2H3,(H2,16,18). The lowest BCUT2D eigenvalue weighted by Gasteiger charge is -2.27. The summed E-state index contributed by atoms with van der Waals surface area (Å²) in [7, 11) is 0. The van der Waals surface area contributed by atoms with Crippen molar-refractivity contribution in [2.24, 2.45) is 5.73 Å². The maximum absolute atomic E-state index is 11.0. The van der Waals surface area contributed by atoms with E-state index in [0.29, 0.717) is 18.7 Å². The molecule has 1 rings (SSSR count). The van der Waals surface area contributed by atoms with Crippen LogP contribution in [0.3, 0.4) is 0 Å². The van der Waals surface area contributed by atoms with E-state index in [9.17, 15) is 4.79 Å².